The van der Waals surface area contributed by atoms with E-state index in [1.807, 2.05) is 20.8 Å². The molecule has 0 amide bonds. The quantitative estimate of drug-likeness (QED) is 0.320. The molecule has 3 fully saturated rings. The minimum atomic E-state index is -0.592. The van der Waals surface area contributed by atoms with E-state index in [4.69, 9.17) is 0 Å². The van der Waals surface area contributed by atoms with Crippen molar-refractivity contribution in [2.75, 3.05) is 0 Å². The molecule has 1 heterocycles. The molecule has 5 unspecified atom stereocenters. The standard InChI is InChI=1S/C30H42N6O6/c1-19(31-16-37)22-8-12-24(13-9-22)34-28(40)35(25-14-10-23(11-15-25)20(2)32-17-38)30(42)36(29(34)41)27-7-5-4-6-26(27)21(3)33-18-39/h19-27H,4-15H2,1-3H3. The first-order valence-corrected chi connectivity index (χ1v) is 15.4. The minimum Gasteiger partial charge on any atom is -0.247 e. The highest BCUT2D eigenvalue weighted by Crippen LogP contribution is 2.38. The summed E-state index contributed by atoms with van der Waals surface area (Å²) in [5, 5.41) is 0. The van der Waals surface area contributed by atoms with Crippen LogP contribution in [0.15, 0.2) is 29.4 Å². The lowest BCUT2D eigenvalue weighted by atomic mass is 9.80. The normalized spacial score (nSPS) is 30.1. The summed E-state index contributed by atoms with van der Waals surface area (Å²) in [6.45, 7) is 5.56. The van der Waals surface area contributed by atoms with E-state index in [0.29, 0.717) is 64.2 Å². The van der Waals surface area contributed by atoms with Crippen molar-refractivity contribution in [1.82, 2.24) is 13.7 Å². The van der Waals surface area contributed by atoms with Crippen LogP contribution in [-0.2, 0) is 14.4 Å². The molecule has 228 valence electrons. The van der Waals surface area contributed by atoms with Gasteiger partial charge in [0.2, 0.25) is 18.2 Å². The van der Waals surface area contributed by atoms with Gasteiger partial charge in [-0.05, 0) is 96.8 Å². The highest BCUT2D eigenvalue weighted by molar-refractivity contribution is 5.34. The molecule has 3 aliphatic carbocycles. The van der Waals surface area contributed by atoms with E-state index in [1.165, 1.54) is 13.7 Å². The van der Waals surface area contributed by atoms with Crippen molar-refractivity contribution in [2.24, 2.45) is 32.7 Å². The van der Waals surface area contributed by atoms with Gasteiger partial charge in [-0.1, -0.05) is 12.8 Å². The monoisotopic (exact) mass is 582 g/mol. The second-order valence-electron chi connectivity index (χ2n) is 12.5. The third kappa shape index (κ3) is 6.46. The fourth-order valence-corrected chi connectivity index (χ4v) is 7.77. The van der Waals surface area contributed by atoms with Gasteiger partial charge in [0, 0.05) is 24.0 Å². The Labute approximate surface area is 244 Å². The Morgan fingerprint density at radius 1 is 0.548 bits per heavy atom. The number of isocyanates is 3. The van der Waals surface area contributed by atoms with E-state index >= 15 is 0 Å². The van der Waals surface area contributed by atoms with E-state index in [2.05, 4.69) is 15.0 Å². The molecular weight excluding hydrogens is 540 g/mol. The topological polar surface area (TPSA) is 154 Å². The zero-order chi connectivity index (χ0) is 30.4. The zero-order valence-corrected chi connectivity index (χ0v) is 24.8. The molecule has 0 aromatic carbocycles. The van der Waals surface area contributed by atoms with E-state index in [1.54, 1.807) is 18.2 Å². The fourth-order valence-electron chi connectivity index (χ4n) is 7.77. The maximum Gasteiger partial charge on any atom is 0.336 e. The van der Waals surface area contributed by atoms with Crippen molar-refractivity contribution in [3.8, 4) is 0 Å². The van der Waals surface area contributed by atoms with Crippen LogP contribution in [-0.4, -0.2) is 50.1 Å². The van der Waals surface area contributed by atoms with Crippen LogP contribution in [0.1, 0.15) is 116 Å². The molecule has 0 bridgehead atoms. The van der Waals surface area contributed by atoms with Crippen LogP contribution in [0, 0.1) is 17.8 Å². The van der Waals surface area contributed by atoms with Crippen LogP contribution >= 0.6 is 0 Å². The van der Waals surface area contributed by atoms with Gasteiger partial charge in [0.05, 0.1) is 18.1 Å². The summed E-state index contributed by atoms with van der Waals surface area (Å²) < 4.78 is 3.89. The number of hydrogen-bond acceptors (Lipinski definition) is 9. The average molecular weight is 583 g/mol. The predicted molar refractivity (Wildman–Crippen MR) is 155 cm³/mol. The van der Waals surface area contributed by atoms with Gasteiger partial charge in [0.15, 0.2) is 0 Å². The Morgan fingerprint density at radius 2 is 0.929 bits per heavy atom. The Morgan fingerprint density at radius 3 is 1.36 bits per heavy atom. The smallest absolute Gasteiger partial charge is 0.247 e. The van der Waals surface area contributed by atoms with Crippen LogP contribution in [0.25, 0.3) is 0 Å². The van der Waals surface area contributed by atoms with E-state index in [9.17, 15) is 28.8 Å². The average Bonchev–Trinajstić information content (AvgIpc) is 2.98. The van der Waals surface area contributed by atoms with Crippen molar-refractivity contribution in [3.05, 3.63) is 31.5 Å². The van der Waals surface area contributed by atoms with Crippen molar-refractivity contribution >= 4 is 18.2 Å². The molecule has 0 radical (unpaired) electrons. The molecule has 3 saturated carbocycles. The lowest BCUT2D eigenvalue weighted by molar-refractivity contribution is 0.171. The van der Waals surface area contributed by atoms with Crippen molar-refractivity contribution in [3.63, 3.8) is 0 Å². The number of hydrogen-bond donors (Lipinski definition) is 0. The van der Waals surface area contributed by atoms with Crippen LogP contribution in [0.2, 0.25) is 0 Å². The Bertz CT molecular complexity index is 1340. The van der Waals surface area contributed by atoms with E-state index in [-0.39, 0.29) is 41.9 Å². The lowest BCUT2D eigenvalue weighted by Crippen LogP contribution is -2.59. The summed E-state index contributed by atoms with van der Waals surface area (Å²) >= 11 is 0. The van der Waals surface area contributed by atoms with Crippen molar-refractivity contribution < 1.29 is 14.4 Å². The van der Waals surface area contributed by atoms with Gasteiger partial charge in [-0.3, -0.25) is 0 Å². The molecule has 1 aromatic rings. The molecule has 5 atom stereocenters. The third-order valence-corrected chi connectivity index (χ3v) is 10.3. The summed E-state index contributed by atoms with van der Waals surface area (Å²) in [6, 6.07) is -2.03. The fraction of sp³-hybridized carbons (Fsp3) is 0.800. The van der Waals surface area contributed by atoms with Crippen LogP contribution < -0.4 is 17.1 Å². The maximum atomic E-state index is 14.2. The molecule has 12 heteroatoms. The second kappa shape index (κ2) is 14.1. The SMILES string of the molecule is CC(N=C=O)C1CCC(n2c(=O)n(C3CCC(C(C)N=C=O)CC3)c(=O)n(C3CCCCC3C(C)N=C=O)c2=O)CC1. The molecule has 0 N–H and O–H groups in total. The summed E-state index contributed by atoms with van der Waals surface area (Å²) in [6.07, 6.45) is 12.9. The highest BCUT2D eigenvalue weighted by atomic mass is 16.2. The van der Waals surface area contributed by atoms with Gasteiger partial charge in [-0.2, -0.15) is 0 Å². The molecule has 0 aliphatic heterocycles. The first-order valence-electron chi connectivity index (χ1n) is 15.4. The third-order valence-electron chi connectivity index (χ3n) is 10.3. The first kappa shape index (κ1) is 31.5. The van der Waals surface area contributed by atoms with Crippen LogP contribution in [0.4, 0.5) is 0 Å². The maximum absolute atomic E-state index is 14.2. The Balaban J connectivity index is 1.78. The van der Waals surface area contributed by atoms with Gasteiger partial charge in [-0.15, -0.1) is 0 Å². The molecule has 1 aromatic heterocycles. The lowest BCUT2D eigenvalue weighted by Gasteiger charge is -2.37. The molecular formula is C30H42N6O6. The number of nitrogens with zero attached hydrogens (tertiary/aromatic N) is 6. The number of aliphatic imine (C=N–C) groups is 3. The Hall–Kier alpha value is -3.45. The molecule has 12 nitrogen and oxygen atoms in total. The zero-order valence-electron chi connectivity index (χ0n) is 24.8. The largest absolute Gasteiger partial charge is 0.336 e. The summed E-state index contributed by atoms with van der Waals surface area (Å²) in [4.78, 5) is 86.8. The summed E-state index contributed by atoms with van der Waals surface area (Å²) in [5.41, 5.74) is -1.76. The first-order chi connectivity index (χ1) is 20.2. The van der Waals surface area contributed by atoms with Gasteiger partial charge in [0.25, 0.3) is 0 Å². The number of aromatic nitrogens is 3. The Kier molecular flexibility index (Phi) is 10.6. The molecule has 42 heavy (non-hydrogen) atoms. The molecule has 4 rings (SSSR count). The van der Waals surface area contributed by atoms with Crippen molar-refractivity contribution in [1.29, 1.82) is 0 Å². The van der Waals surface area contributed by atoms with E-state index in [0.717, 1.165) is 12.8 Å². The van der Waals surface area contributed by atoms with Crippen LogP contribution in [0.3, 0.4) is 0 Å². The molecule has 3 aliphatic rings. The predicted octanol–water partition coefficient (Wildman–Crippen LogP) is 3.54. The van der Waals surface area contributed by atoms with Gasteiger partial charge in [0.1, 0.15) is 0 Å². The number of carbonyl (C=O) groups excluding carboxylic acids is 3. The molecule has 0 saturated heterocycles. The minimum absolute atomic E-state index is 0.155. The second-order valence-corrected chi connectivity index (χ2v) is 12.5. The number of rotatable bonds is 9. The van der Waals surface area contributed by atoms with Crippen LogP contribution in [0.5, 0.6) is 0 Å². The van der Waals surface area contributed by atoms with E-state index < -0.39 is 29.2 Å². The van der Waals surface area contributed by atoms with Gasteiger partial charge < -0.3 is 0 Å². The highest BCUT2D eigenvalue weighted by Gasteiger charge is 2.38. The van der Waals surface area contributed by atoms with Crippen molar-refractivity contribution in [2.45, 2.75) is 134 Å². The summed E-state index contributed by atoms with van der Waals surface area (Å²) in [5.74, 6) is 0.103. The summed E-state index contributed by atoms with van der Waals surface area (Å²) in [7, 11) is 0. The van der Waals surface area contributed by atoms with Gasteiger partial charge >= 0.3 is 17.1 Å². The molecule has 0 spiro atoms. The van der Waals surface area contributed by atoms with Gasteiger partial charge in [-0.25, -0.2) is 57.4 Å².